The second-order valence-corrected chi connectivity index (χ2v) is 8.52. The molecule has 1 saturated heterocycles. The molecule has 1 unspecified atom stereocenters. The first-order valence-electron chi connectivity index (χ1n) is 5.87. The van der Waals surface area contributed by atoms with E-state index in [1.807, 2.05) is 14.0 Å². The van der Waals surface area contributed by atoms with Gasteiger partial charge in [-0.1, -0.05) is 0 Å². The van der Waals surface area contributed by atoms with E-state index < -0.39 is 10.0 Å². The number of aryl methyl sites for hydroxylation is 1. The SMILES string of the molecule is CNCc1cc(S(=O)(=O)NC2CCSC2)c(C)s1. The van der Waals surface area contributed by atoms with Crippen LogP contribution in [0, 0.1) is 6.92 Å². The average molecular weight is 306 g/mol. The first-order valence-corrected chi connectivity index (χ1v) is 9.32. The van der Waals surface area contributed by atoms with Gasteiger partial charge in [-0.3, -0.25) is 0 Å². The minimum Gasteiger partial charge on any atom is -0.315 e. The summed E-state index contributed by atoms with van der Waals surface area (Å²) in [4.78, 5) is 2.35. The van der Waals surface area contributed by atoms with Gasteiger partial charge in [-0.25, -0.2) is 13.1 Å². The molecule has 7 heteroatoms. The van der Waals surface area contributed by atoms with Gasteiger partial charge in [0.1, 0.15) is 0 Å². The fourth-order valence-corrected chi connectivity index (χ4v) is 6.14. The largest absolute Gasteiger partial charge is 0.315 e. The normalized spacial score (nSPS) is 20.4. The highest BCUT2D eigenvalue weighted by Gasteiger charge is 2.25. The highest BCUT2D eigenvalue weighted by Crippen LogP contribution is 2.27. The van der Waals surface area contributed by atoms with Crippen LogP contribution in [0.5, 0.6) is 0 Å². The van der Waals surface area contributed by atoms with Crippen molar-refractivity contribution in [3.8, 4) is 0 Å². The van der Waals surface area contributed by atoms with E-state index in [9.17, 15) is 8.42 Å². The van der Waals surface area contributed by atoms with Crippen molar-refractivity contribution in [2.24, 2.45) is 0 Å². The van der Waals surface area contributed by atoms with Crippen molar-refractivity contribution < 1.29 is 8.42 Å². The van der Waals surface area contributed by atoms with E-state index in [1.54, 1.807) is 17.8 Å². The average Bonchev–Trinajstić information content (AvgIpc) is 2.88. The molecule has 2 N–H and O–H groups in total. The van der Waals surface area contributed by atoms with Gasteiger partial charge in [0.2, 0.25) is 10.0 Å². The highest BCUT2D eigenvalue weighted by molar-refractivity contribution is 7.99. The van der Waals surface area contributed by atoms with E-state index in [0.29, 0.717) is 11.4 Å². The van der Waals surface area contributed by atoms with Crippen LogP contribution in [-0.4, -0.2) is 33.0 Å². The Morgan fingerprint density at radius 1 is 1.50 bits per heavy atom. The molecule has 1 aromatic heterocycles. The van der Waals surface area contributed by atoms with Crippen LogP contribution in [0.2, 0.25) is 0 Å². The Morgan fingerprint density at radius 3 is 2.89 bits per heavy atom. The Kier molecular flexibility index (Phi) is 4.71. The van der Waals surface area contributed by atoms with Crippen LogP contribution in [0.3, 0.4) is 0 Å². The summed E-state index contributed by atoms with van der Waals surface area (Å²) in [5.41, 5.74) is 0. The molecule has 0 aromatic carbocycles. The van der Waals surface area contributed by atoms with Crippen LogP contribution in [-0.2, 0) is 16.6 Å². The first kappa shape index (κ1) is 14.3. The summed E-state index contributed by atoms with van der Waals surface area (Å²) in [5.74, 6) is 1.92. The molecule has 2 heterocycles. The van der Waals surface area contributed by atoms with Crippen LogP contribution in [0.15, 0.2) is 11.0 Å². The summed E-state index contributed by atoms with van der Waals surface area (Å²) in [6, 6.07) is 1.87. The lowest BCUT2D eigenvalue weighted by molar-refractivity contribution is 0.563. The Hall–Kier alpha value is -0.0800. The van der Waals surface area contributed by atoms with Crippen LogP contribution in [0.4, 0.5) is 0 Å². The molecule has 1 fully saturated rings. The van der Waals surface area contributed by atoms with Crippen LogP contribution in [0.1, 0.15) is 16.2 Å². The van der Waals surface area contributed by atoms with Crippen LogP contribution >= 0.6 is 23.1 Å². The molecular weight excluding hydrogens is 288 g/mol. The Bertz CT molecular complexity index is 504. The maximum atomic E-state index is 12.3. The van der Waals surface area contributed by atoms with E-state index in [4.69, 9.17) is 0 Å². The summed E-state index contributed by atoms with van der Waals surface area (Å²) in [5, 5.41) is 3.04. The topological polar surface area (TPSA) is 58.2 Å². The van der Waals surface area contributed by atoms with Crippen molar-refractivity contribution in [2.45, 2.75) is 30.8 Å². The quantitative estimate of drug-likeness (QED) is 0.867. The Balaban J connectivity index is 2.17. The maximum Gasteiger partial charge on any atom is 0.241 e. The van der Waals surface area contributed by atoms with Gasteiger partial charge in [-0.15, -0.1) is 11.3 Å². The van der Waals surface area contributed by atoms with E-state index in [1.165, 1.54) is 11.3 Å². The van der Waals surface area contributed by atoms with Crippen molar-refractivity contribution in [2.75, 3.05) is 18.6 Å². The molecule has 0 amide bonds. The molecule has 0 aliphatic carbocycles. The van der Waals surface area contributed by atoms with E-state index in [0.717, 1.165) is 27.7 Å². The molecule has 18 heavy (non-hydrogen) atoms. The highest BCUT2D eigenvalue weighted by atomic mass is 32.2. The Morgan fingerprint density at radius 2 is 2.28 bits per heavy atom. The zero-order valence-electron chi connectivity index (χ0n) is 10.5. The number of nitrogens with one attached hydrogen (secondary N) is 2. The third-order valence-corrected chi connectivity index (χ3v) is 6.80. The smallest absolute Gasteiger partial charge is 0.241 e. The first-order chi connectivity index (χ1) is 8.53. The monoisotopic (exact) mass is 306 g/mol. The molecule has 0 spiro atoms. The van der Waals surface area contributed by atoms with Gasteiger partial charge >= 0.3 is 0 Å². The van der Waals surface area contributed by atoms with E-state index in [-0.39, 0.29) is 6.04 Å². The number of hydrogen-bond donors (Lipinski definition) is 2. The molecule has 4 nitrogen and oxygen atoms in total. The zero-order chi connectivity index (χ0) is 13.2. The minimum atomic E-state index is -3.35. The lowest BCUT2D eigenvalue weighted by Crippen LogP contribution is -2.34. The number of hydrogen-bond acceptors (Lipinski definition) is 5. The second kappa shape index (κ2) is 5.92. The number of rotatable bonds is 5. The summed E-state index contributed by atoms with van der Waals surface area (Å²) in [6.07, 6.45) is 0.927. The Labute approximate surface area is 117 Å². The molecule has 0 bridgehead atoms. The summed E-state index contributed by atoms with van der Waals surface area (Å²) in [7, 11) is -1.49. The predicted octanol–water partition coefficient (Wildman–Crippen LogP) is 1.56. The van der Waals surface area contributed by atoms with Crippen molar-refractivity contribution in [1.29, 1.82) is 0 Å². The molecule has 102 valence electrons. The molecule has 2 rings (SSSR count). The molecule has 1 aliphatic heterocycles. The maximum absolute atomic E-state index is 12.3. The van der Waals surface area contributed by atoms with Gasteiger partial charge in [-0.2, -0.15) is 11.8 Å². The lowest BCUT2D eigenvalue weighted by Gasteiger charge is -2.11. The third-order valence-electron chi connectivity index (χ3n) is 2.82. The number of thioether (sulfide) groups is 1. The fraction of sp³-hybridized carbons (Fsp3) is 0.636. The van der Waals surface area contributed by atoms with Crippen molar-refractivity contribution in [3.05, 3.63) is 15.8 Å². The molecule has 0 radical (unpaired) electrons. The standard InChI is InChI=1S/C11H18N2O2S3/c1-8-11(5-10(17-8)6-12-2)18(14,15)13-9-3-4-16-7-9/h5,9,12-13H,3-4,6-7H2,1-2H3. The van der Waals surface area contributed by atoms with Crippen molar-refractivity contribution in [3.63, 3.8) is 0 Å². The van der Waals surface area contributed by atoms with E-state index in [2.05, 4.69) is 10.0 Å². The van der Waals surface area contributed by atoms with Gasteiger partial charge in [0.25, 0.3) is 0 Å². The summed E-state index contributed by atoms with van der Waals surface area (Å²) >= 11 is 3.34. The zero-order valence-corrected chi connectivity index (χ0v) is 13.0. The molecule has 0 saturated carbocycles. The van der Waals surface area contributed by atoms with Gasteiger partial charge in [-0.05, 0) is 32.2 Å². The number of sulfonamides is 1. The van der Waals surface area contributed by atoms with E-state index >= 15 is 0 Å². The third kappa shape index (κ3) is 3.27. The lowest BCUT2D eigenvalue weighted by atomic mass is 10.3. The molecule has 1 atom stereocenters. The van der Waals surface area contributed by atoms with Gasteiger partial charge in [0.15, 0.2) is 0 Å². The summed E-state index contributed by atoms with van der Waals surface area (Å²) in [6.45, 7) is 2.57. The fourth-order valence-electron chi connectivity index (χ4n) is 1.96. The van der Waals surface area contributed by atoms with Crippen molar-refractivity contribution >= 4 is 33.1 Å². The molecule has 1 aliphatic rings. The van der Waals surface area contributed by atoms with Crippen LogP contribution in [0.25, 0.3) is 0 Å². The van der Waals surface area contributed by atoms with Crippen LogP contribution < -0.4 is 10.0 Å². The van der Waals surface area contributed by atoms with Gasteiger partial charge in [0.05, 0.1) is 4.90 Å². The minimum absolute atomic E-state index is 0.0899. The molecular formula is C11H18N2O2S3. The summed E-state index contributed by atoms with van der Waals surface area (Å²) < 4.78 is 27.4. The second-order valence-electron chi connectivity index (χ2n) is 4.35. The van der Waals surface area contributed by atoms with Crippen molar-refractivity contribution in [1.82, 2.24) is 10.0 Å². The predicted molar refractivity (Wildman–Crippen MR) is 77.9 cm³/mol. The van der Waals surface area contributed by atoms with Gasteiger partial charge < -0.3 is 5.32 Å². The molecule has 1 aromatic rings. The number of thiophene rings is 1. The van der Waals surface area contributed by atoms with Gasteiger partial charge in [0, 0.05) is 28.1 Å².